The fourth-order valence-electron chi connectivity index (χ4n) is 2.70. The first-order valence-corrected chi connectivity index (χ1v) is 8.12. The molecule has 1 aromatic rings. The number of hydrogen-bond donors (Lipinski definition) is 2. The van der Waals surface area contributed by atoms with Gasteiger partial charge in [-0.25, -0.2) is 0 Å². The molecular weight excluding hydrogens is 351 g/mol. The number of nitrogens with zero attached hydrogens (tertiary/aromatic N) is 1. The van der Waals surface area contributed by atoms with Crippen molar-refractivity contribution in [3.05, 3.63) is 29.8 Å². The molecule has 1 heterocycles. The summed E-state index contributed by atoms with van der Waals surface area (Å²) in [5, 5.41) is 4.44. The third-order valence-corrected chi connectivity index (χ3v) is 4.06. The highest BCUT2D eigenvalue weighted by atomic mass is 19.4. The van der Waals surface area contributed by atoms with Gasteiger partial charge in [0.15, 0.2) is 0 Å². The van der Waals surface area contributed by atoms with Gasteiger partial charge in [0.1, 0.15) is 0 Å². The molecule has 6 nitrogen and oxygen atoms in total. The Bertz CT molecular complexity index is 704. The normalized spacial score (nSPS) is 17.5. The molecule has 142 valence electrons. The molecule has 3 amide bonds. The lowest BCUT2D eigenvalue weighted by atomic mass is 10.1. The number of rotatable bonds is 5. The van der Waals surface area contributed by atoms with Gasteiger partial charge >= 0.3 is 12.1 Å². The summed E-state index contributed by atoms with van der Waals surface area (Å²) in [4.78, 5) is 36.7. The summed E-state index contributed by atoms with van der Waals surface area (Å²) in [6.07, 6.45) is -4.83. The largest absolute Gasteiger partial charge is 0.471 e. The number of carbonyl (C=O) groups is 3. The minimum Gasteiger partial charge on any atom is -0.352 e. The van der Waals surface area contributed by atoms with E-state index in [1.165, 1.54) is 18.2 Å². The van der Waals surface area contributed by atoms with E-state index in [0.717, 1.165) is 0 Å². The van der Waals surface area contributed by atoms with Crippen molar-refractivity contribution >= 4 is 23.4 Å². The van der Waals surface area contributed by atoms with Crippen molar-refractivity contribution in [2.75, 3.05) is 11.9 Å². The highest BCUT2D eigenvalue weighted by molar-refractivity contribution is 5.95. The Kier molecular flexibility index (Phi) is 5.89. The number of amides is 3. The van der Waals surface area contributed by atoms with Crippen molar-refractivity contribution < 1.29 is 27.6 Å². The zero-order valence-electron chi connectivity index (χ0n) is 14.4. The Morgan fingerprint density at radius 2 is 2.00 bits per heavy atom. The number of nitrogens with one attached hydrogen (secondary N) is 2. The van der Waals surface area contributed by atoms with E-state index in [2.05, 4.69) is 5.32 Å². The van der Waals surface area contributed by atoms with Crippen molar-refractivity contribution in [1.29, 1.82) is 0 Å². The van der Waals surface area contributed by atoms with Crippen LogP contribution in [0.5, 0.6) is 0 Å². The first kappa shape index (κ1) is 19.7. The summed E-state index contributed by atoms with van der Waals surface area (Å²) in [7, 11) is 0. The second kappa shape index (κ2) is 7.76. The van der Waals surface area contributed by atoms with Crippen LogP contribution >= 0.6 is 0 Å². The molecule has 0 saturated carbocycles. The quantitative estimate of drug-likeness (QED) is 0.832. The van der Waals surface area contributed by atoms with Crippen LogP contribution in [0.15, 0.2) is 24.3 Å². The predicted molar refractivity (Wildman–Crippen MR) is 87.9 cm³/mol. The number of anilines is 1. The van der Waals surface area contributed by atoms with Crippen molar-refractivity contribution in [3.63, 3.8) is 0 Å². The van der Waals surface area contributed by atoms with Crippen LogP contribution in [0.25, 0.3) is 0 Å². The Morgan fingerprint density at radius 1 is 1.31 bits per heavy atom. The van der Waals surface area contributed by atoms with Crippen LogP contribution < -0.4 is 10.6 Å². The molecule has 1 aliphatic rings. The molecule has 1 atom stereocenters. The molecule has 2 rings (SSSR count). The Balaban J connectivity index is 1.92. The van der Waals surface area contributed by atoms with Gasteiger partial charge < -0.3 is 15.5 Å². The molecule has 0 aliphatic carbocycles. The summed E-state index contributed by atoms with van der Waals surface area (Å²) >= 11 is 0. The molecule has 1 saturated heterocycles. The van der Waals surface area contributed by atoms with Crippen LogP contribution in [-0.4, -0.2) is 41.4 Å². The van der Waals surface area contributed by atoms with Crippen molar-refractivity contribution in [2.45, 2.75) is 39.0 Å². The molecule has 1 aliphatic heterocycles. The van der Waals surface area contributed by atoms with Gasteiger partial charge in [0.2, 0.25) is 11.8 Å². The number of alkyl halides is 3. The van der Waals surface area contributed by atoms with Crippen molar-refractivity contribution in [3.8, 4) is 0 Å². The molecule has 1 fully saturated rings. The van der Waals surface area contributed by atoms with Crippen LogP contribution in [0.2, 0.25) is 0 Å². The van der Waals surface area contributed by atoms with Gasteiger partial charge in [-0.3, -0.25) is 14.4 Å². The smallest absolute Gasteiger partial charge is 0.352 e. The number of halogens is 3. The molecule has 0 spiro atoms. The molecule has 0 aromatic heterocycles. The first-order chi connectivity index (χ1) is 12.1. The predicted octanol–water partition coefficient (Wildman–Crippen LogP) is 2.06. The Labute approximate surface area is 148 Å². The highest BCUT2D eigenvalue weighted by Crippen LogP contribution is 2.21. The lowest BCUT2D eigenvalue weighted by Gasteiger charge is -2.20. The summed E-state index contributed by atoms with van der Waals surface area (Å²) in [6, 6.07) is 5.79. The number of benzene rings is 1. The van der Waals surface area contributed by atoms with Gasteiger partial charge in [-0.2, -0.15) is 13.2 Å². The van der Waals surface area contributed by atoms with Crippen LogP contribution in [-0.2, 0) is 20.9 Å². The van der Waals surface area contributed by atoms with E-state index < -0.39 is 18.0 Å². The van der Waals surface area contributed by atoms with Gasteiger partial charge in [0.05, 0.1) is 5.92 Å². The highest BCUT2D eigenvalue weighted by Gasteiger charge is 2.38. The van der Waals surface area contributed by atoms with Crippen LogP contribution in [0.3, 0.4) is 0 Å². The van der Waals surface area contributed by atoms with E-state index in [-0.39, 0.29) is 36.5 Å². The van der Waals surface area contributed by atoms with E-state index in [0.29, 0.717) is 12.1 Å². The average molecular weight is 371 g/mol. The second-order valence-corrected chi connectivity index (χ2v) is 6.41. The third-order valence-electron chi connectivity index (χ3n) is 4.06. The van der Waals surface area contributed by atoms with Crippen LogP contribution in [0.1, 0.15) is 25.8 Å². The van der Waals surface area contributed by atoms with Crippen molar-refractivity contribution in [2.24, 2.45) is 5.92 Å². The third kappa shape index (κ3) is 4.96. The molecule has 9 heteroatoms. The van der Waals surface area contributed by atoms with E-state index >= 15 is 0 Å². The van der Waals surface area contributed by atoms with E-state index in [1.54, 1.807) is 16.3 Å². The summed E-state index contributed by atoms with van der Waals surface area (Å²) < 4.78 is 36.8. The Morgan fingerprint density at radius 3 is 2.58 bits per heavy atom. The zero-order chi connectivity index (χ0) is 19.5. The minimum atomic E-state index is -4.97. The maximum atomic E-state index is 12.3. The van der Waals surface area contributed by atoms with Gasteiger partial charge in [0.25, 0.3) is 0 Å². The minimum absolute atomic E-state index is 0.0129. The molecule has 26 heavy (non-hydrogen) atoms. The fourth-order valence-corrected chi connectivity index (χ4v) is 2.70. The number of carbonyl (C=O) groups excluding carboxylic acids is 3. The van der Waals surface area contributed by atoms with Gasteiger partial charge in [-0.05, 0) is 31.5 Å². The average Bonchev–Trinajstić information content (AvgIpc) is 2.94. The van der Waals surface area contributed by atoms with Crippen LogP contribution in [0, 0.1) is 5.92 Å². The van der Waals surface area contributed by atoms with Gasteiger partial charge in [-0.15, -0.1) is 0 Å². The van der Waals surface area contributed by atoms with Crippen molar-refractivity contribution in [1.82, 2.24) is 10.2 Å². The molecule has 2 N–H and O–H groups in total. The van der Waals surface area contributed by atoms with Gasteiger partial charge in [-0.1, -0.05) is 12.1 Å². The van der Waals surface area contributed by atoms with E-state index in [1.807, 2.05) is 13.8 Å². The summed E-state index contributed by atoms with van der Waals surface area (Å²) in [5.74, 6) is -2.86. The standard InChI is InChI=1S/C17H20F3N3O3/c1-10(2)23-9-12(7-14(23)24)15(25)21-8-11-4-3-5-13(6-11)22-16(26)17(18,19)20/h3-6,10,12H,7-9H2,1-2H3,(H,21,25)(H,22,26). The second-order valence-electron chi connectivity index (χ2n) is 6.41. The maximum Gasteiger partial charge on any atom is 0.471 e. The number of hydrogen-bond acceptors (Lipinski definition) is 3. The maximum absolute atomic E-state index is 12.3. The zero-order valence-corrected chi connectivity index (χ0v) is 14.4. The van der Waals surface area contributed by atoms with E-state index in [9.17, 15) is 27.6 Å². The summed E-state index contributed by atoms with van der Waals surface area (Å²) in [6.45, 7) is 4.18. The van der Waals surface area contributed by atoms with Gasteiger partial charge in [0, 0.05) is 31.2 Å². The first-order valence-electron chi connectivity index (χ1n) is 8.12. The molecule has 1 aromatic carbocycles. The molecule has 1 unspecified atom stereocenters. The number of likely N-dealkylation sites (tertiary alicyclic amines) is 1. The van der Waals surface area contributed by atoms with Crippen LogP contribution in [0.4, 0.5) is 18.9 Å². The summed E-state index contributed by atoms with van der Waals surface area (Å²) in [5.41, 5.74) is 0.518. The topological polar surface area (TPSA) is 78.5 Å². The molecule has 0 bridgehead atoms. The fraction of sp³-hybridized carbons (Fsp3) is 0.471. The lowest BCUT2D eigenvalue weighted by Crippen LogP contribution is -2.35. The lowest BCUT2D eigenvalue weighted by molar-refractivity contribution is -0.167. The monoisotopic (exact) mass is 371 g/mol. The van der Waals surface area contributed by atoms with E-state index in [4.69, 9.17) is 0 Å². The SMILES string of the molecule is CC(C)N1CC(C(=O)NCc2cccc(NC(=O)C(F)(F)F)c2)CC1=O. The molecular formula is C17H20F3N3O3. The molecule has 0 radical (unpaired) electrons. The Hall–Kier alpha value is -2.58.